The average Bonchev–Trinajstić information content (AvgIpc) is 2.64. The van der Waals surface area contributed by atoms with Crippen LogP contribution in [0.5, 0.6) is 0 Å². The molecule has 132 valence electrons. The molecule has 0 aliphatic heterocycles. The summed E-state index contributed by atoms with van der Waals surface area (Å²) in [5, 5.41) is 0. The second kappa shape index (κ2) is 7.88. The number of carbonyl (C=O) groups excluding carboxylic acids is 1. The molecule has 3 heteroatoms. The second-order valence-electron chi connectivity index (χ2n) is 6.42. The monoisotopic (exact) mass is 407 g/mol. The van der Waals surface area contributed by atoms with E-state index in [1.165, 1.54) is 5.56 Å². The zero-order valence-electron chi connectivity index (χ0n) is 15.3. The van der Waals surface area contributed by atoms with Crippen molar-refractivity contribution < 1.29 is 4.79 Å². The highest BCUT2D eigenvalue weighted by Gasteiger charge is 2.14. The fourth-order valence-corrected chi connectivity index (χ4v) is 3.33. The Morgan fingerprint density at radius 3 is 2.08 bits per heavy atom. The van der Waals surface area contributed by atoms with E-state index < -0.39 is 0 Å². The molecule has 3 aromatic rings. The Morgan fingerprint density at radius 1 is 0.885 bits per heavy atom. The van der Waals surface area contributed by atoms with Crippen LogP contribution in [0.2, 0.25) is 0 Å². The fourth-order valence-electron chi connectivity index (χ4n) is 3.07. The van der Waals surface area contributed by atoms with E-state index in [2.05, 4.69) is 65.0 Å². The minimum Gasteiger partial charge on any atom is -0.342 e. The molecule has 0 unspecified atom stereocenters. The molecule has 0 saturated carbocycles. The van der Waals surface area contributed by atoms with Gasteiger partial charge in [0.05, 0.1) is 0 Å². The van der Waals surface area contributed by atoms with Gasteiger partial charge in [-0.25, -0.2) is 0 Å². The number of ketones is 1. The zero-order chi connectivity index (χ0) is 18.7. The maximum absolute atomic E-state index is 12.8. The molecule has 0 atom stereocenters. The molecule has 0 fully saturated rings. The van der Waals surface area contributed by atoms with Crippen molar-refractivity contribution in [1.29, 1.82) is 0 Å². The number of rotatable bonds is 5. The van der Waals surface area contributed by atoms with Crippen molar-refractivity contribution in [3.05, 3.63) is 93.5 Å². The van der Waals surface area contributed by atoms with E-state index in [-0.39, 0.29) is 5.78 Å². The van der Waals surface area contributed by atoms with Crippen molar-refractivity contribution >= 4 is 33.1 Å². The largest absolute Gasteiger partial charge is 0.342 e. The summed E-state index contributed by atoms with van der Waals surface area (Å²) in [5.74, 6) is 0.0555. The number of aryl methyl sites for hydroxylation is 2. The molecular formula is C23H22BrNO. The number of carbonyl (C=O) groups is 1. The molecule has 0 radical (unpaired) electrons. The van der Waals surface area contributed by atoms with Gasteiger partial charge < -0.3 is 4.90 Å². The van der Waals surface area contributed by atoms with Crippen LogP contribution >= 0.6 is 15.9 Å². The molecule has 3 aromatic carbocycles. The number of nitrogens with zero attached hydrogens (tertiary/aromatic N) is 1. The third-order valence-electron chi connectivity index (χ3n) is 4.53. The van der Waals surface area contributed by atoms with Gasteiger partial charge in [-0.05, 0) is 80.9 Å². The number of halogens is 1. The first-order chi connectivity index (χ1) is 12.5. The van der Waals surface area contributed by atoms with Crippen LogP contribution in [0.15, 0.2) is 71.2 Å². The first-order valence-electron chi connectivity index (χ1n) is 8.74. The van der Waals surface area contributed by atoms with Gasteiger partial charge in [-0.1, -0.05) is 33.6 Å². The molecule has 0 N–H and O–H groups in total. The highest BCUT2D eigenvalue weighted by molar-refractivity contribution is 9.10. The van der Waals surface area contributed by atoms with Crippen molar-refractivity contribution in [2.75, 3.05) is 11.4 Å². The predicted molar refractivity (Wildman–Crippen MR) is 113 cm³/mol. The van der Waals surface area contributed by atoms with E-state index in [4.69, 9.17) is 0 Å². The van der Waals surface area contributed by atoms with E-state index in [0.717, 1.165) is 33.5 Å². The maximum atomic E-state index is 12.8. The minimum atomic E-state index is 0.0555. The van der Waals surface area contributed by atoms with Crippen LogP contribution < -0.4 is 4.90 Å². The molecule has 0 aliphatic carbocycles. The van der Waals surface area contributed by atoms with Crippen molar-refractivity contribution in [1.82, 2.24) is 0 Å². The highest BCUT2D eigenvalue weighted by atomic mass is 79.9. The lowest BCUT2D eigenvalue weighted by Crippen LogP contribution is -2.16. The Balaban J connectivity index is 1.92. The normalized spacial score (nSPS) is 10.6. The van der Waals surface area contributed by atoms with Gasteiger partial charge in [0.25, 0.3) is 0 Å². The molecule has 26 heavy (non-hydrogen) atoms. The zero-order valence-corrected chi connectivity index (χ0v) is 16.9. The summed E-state index contributed by atoms with van der Waals surface area (Å²) in [5.41, 5.74) is 5.94. The van der Waals surface area contributed by atoms with E-state index in [9.17, 15) is 4.79 Å². The molecule has 0 heterocycles. The summed E-state index contributed by atoms with van der Waals surface area (Å²) in [6, 6.07) is 22.1. The lowest BCUT2D eigenvalue weighted by molar-refractivity contribution is 0.103. The average molecular weight is 408 g/mol. The first-order valence-corrected chi connectivity index (χ1v) is 9.54. The third kappa shape index (κ3) is 3.88. The Kier molecular flexibility index (Phi) is 5.58. The molecule has 0 aliphatic rings. The lowest BCUT2D eigenvalue weighted by Gasteiger charge is -2.24. The van der Waals surface area contributed by atoms with E-state index in [1.807, 2.05) is 43.3 Å². The molecule has 2 nitrogen and oxygen atoms in total. The van der Waals surface area contributed by atoms with E-state index in [1.54, 1.807) is 0 Å². The SMILES string of the molecule is CCN(c1ccc(C)cc1)c1ccc(C(=O)c2ccc(Br)cc2)c(C)c1. The van der Waals surface area contributed by atoms with Crippen molar-refractivity contribution in [3.63, 3.8) is 0 Å². The second-order valence-corrected chi connectivity index (χ2v) is 7.33. The molecule has 0 bridgehead atoms. The summed E-state index contributed by atoms with van der Waals surface area (Å²) in [4.78, 5) is 15.1. The Labute approximate surface area is 163 Å². The number of hydrogen-bond acceptors (Lipinski definition) is 2. The Bertz CT molecular complexity index is 914. The topological polar surface area (TPSA) is 20.3 Å². The molecule has 3 rings (SSSR count). The minimum absolute atomic E-state index is 0.0555. The van der Waals surface area contributed by atoms with Gasteiger partial charge in [0, 0.05) is 33.5 Å². The highest BCUT2D eigenvalue weighted by Crippen LogP contribution is 2.28. The number of hydrogen-bond donors (Lipinski definition) is 0. The summed E-state index contributed by atoms with van der Waals surface area (Å²) in [7, 11) is 0. The van der Waals surface area contributed by atoms with E-state index >= 15 is 0 Å². The van der Waals surface area contributed by atoms with Crippen molar-refractivity contribution in [2.24, 2.45) is 0 Å². The Morgan fingerprint density at radius 2 is 1.50 bits per heavy atom. The molecule has 0 saturated heterocycles. The third-order valence-corrected chi connectivity index (χ3v) is 5.06. The van der Waals surface area contributed by atoms with Gasteiger partial charge in [-0.3, -0.25) is 4.79 Å². The number of benzene rings is 3. The summed E-state index contributed by atoms with van der Waals surface area (Å²) >= 11 is 3.41. The molecular weight excluding hydrogens is 386 g/mol. The van der Waals surface area contributed by atoms with Crippen molar-refractivity contribution in [3.8, 4) is 0 Å². The van der Waals surface area contributed by atoms with Crippen LogP contribution in [0.25, 0.3) is 0 Å². The standard InChI is InChI=1S/C23H22BrNO/c1-4-25(20-11-5-16(2)6-12-20)21-13-14-22(17(3)15-21)23(26)18-7-9-19(24)10-8-18/h5-15H,4H2,1-3H3. The molecule has 0 amide bonds. The van der Waals surface area contributed by atoms with Crippen LogP contribution in [-0.2, 0) is 0 Å². The van der Waals surface area contributed by atoms with Crippen LogP contribution in [0.4, 0.5) is 11.4 Å². The lowest BCUT2D eigenvalue weighted by atomic mass is 9.98. The Hall–Kier alpha value is -2.39. The number of anilines is 2. The van der Waals surface area contributed by atoms with Crippen LogP contribution in [-0.4, -0.2) is 12.3 Å². The van der Waals surface area contributed by atoms with Gasteiger partial charge >= 0.3 is 0 Å². The molecule has 0 spiro atoms. The molecule has 0 aromatic heterocycles. The summed E-state index contributed by atoms with van der Waals surface area (Å²) < 4.78 is 0.970. The van der Waals surface area contributed by atoms with E-state index in [0.29, 0.717) is 5.56 Å². The van der Waals surface area contributed by atoms with Crippen LogP contribution in [0.3, 0.4) is 0 Å². The smallest absolute Gasteiger partial charge is 0.193 e. The summed E-state index contributed by atoms with van der Waals surface area (Å²) in [6.45, 7) is 7.09. The van der Waals surface area contributed by atoms with Gasteiger partial charge in [0.15, 0.2) is 5.78 Å². The van der Waals surface area contributed by atoms with Crippen molar-refractivity contribution in [2.45, 2.75) is 20.8 Å². The van der Waals surface area contributed by atoms with Crippen LogP contribution in [0, 0.1) is 13.8 Å². The predicted octanol–water partition coefficient (Wildman–Crippen LogP) is 6.45. The van der Waals surface area contributed by atoms with Gasteiger partial charge in [-0.2, -0.15) is 0 Å². The first kappa shape index (κ1) is 18.4. The quantitative estimate of drug-likeness (QED) is 0.452. The van der Waals surface area contributed by atoms with Gasteiger partial charge in [0.2, 0.25) is 0 Å². The maximum Gasteiger partial charge on any atom is 0.193 e. The fraction of sp³-hybridized carbons (Fsp3) is 0.174. The van der Waals surface area contributed by atoms with Gasteiger partial charge in [0.1, 0.15) is 0 Å². The van der Waals surface area contributed by atoms with Crippen LogP contribution in [0.1, 0.15) is 34.0 Å². The summed E-state index contributed by atoms with van der Waals surface area (Å²) in [6.07, 6.45) is 0. The van der Waals surface area contributed by atoms with Gasteiger partial charge in [-0.15, -0.1) is 0 Å².